The number of fused-ring (bicyclic) bond motifs is 1. The standard InChI is InChI=1S/C16H13Cl2N3O2/c1-9-16(23-2)21-8-4-7-12(14(21)19-9)20-15(22)13-10(17)5-3-6-11(13)18/h3-8H,1-2H3,(H,20,22). The van der Waals surface area contributed by atoms with Crippen LogP contribution in [-0.2, 0) is 0 Å². The number of rotatable bonds is 3. The number of carbonyl (C=O) groups excluding carboxylic acids is 1. The van der Waals surface area contributed by atoms with Crippen LogP contribution in [0.2, 0.25) is 10.0 Å². The first-order chi connectivity index (χ1) is 11.0. The maximum Gasteiger partial charge on any atom is 0.258 e. The number of halogens is 2. The third kappa shape index (κ3) is 2.73. The van der Waals surface area contributed by atoms with E-state index in [0.29, 0.717) is 27.3 Å². The number of anilines is 1. The monoisotopic (exact) mass is 349 g/mol. The van der Waals surface area contributed by atoms with E-state index in [0.717, 1.165) is 5.69 Å². The molecule has 0 unspecified atom stereocenters. The van der Waals surface area contributed by atoms with Gasteiger partial charge in [0.15, 0.2) is 5.65 Å². The van der Waals surface area contributed by atoms with Crippen LogP contribution in [0.25, 0.3) is 5.65 Å². The van der Waals surface area contributed by atoms with Gasteiger partial charge in [-0.2, -0.15) is 0 Å². The zero-order chi connectivity index (χ0) is 16.6. The highest BCUT2D eigenvalue weighted by Gasteiger charge is 2.18. The molecule has 1 N–H and O–H groups in total. The van der Waals surface area contributed by atoms with Crippen molar-refractivity contribution in [2.75, 3.05) is 12.4 Å². The summed E-state index contributed by atoms with van der Waals surface area (Å²) in [5.74, 6) is 0.222. The predicted molar refractivity (Wildman–Crippen MR) is 90.9 cm³/mol. The molecule has 0 radical (unpaired) electrons. The van der Waals surface area contributed by atoms with Crippen LogP contribution in [0.15, 0.2) is 36.5 Å². The summed E-state index contributed by atoms with van der Waals surface area (Å²) in [5, 5.41) is 3.38. The smallest absolute Gasteiger partial charge is 0.258 e. The molecule has 0 aliphatic heterocycles. The van der Waals surface area contributed by atoms with Gasteiger partial charge in [-0.05, 0) is 31.2 Å². The van der Waals surface area contributed by atoms with Crippen LogP contribution < -0.4 is 10.1 Å². The lowest BCUT2D eigenvalue weighted by Gasteiger charge is -2.09. The molecular formula is C16H13Cl2N3O2. The number of pyridine rings is 1. The van der Waals surface area contributed by atoms with Crippen molar-refractivity contribution in [1.29, 1.82) is 0 Å². The van der Waals surface area contributed by atoms with Crippen LogP contribution in [0.3, 0.4) is 0 Å². The lowest BCUT2D eigenvalue weighted by atomic mass is 10.2. The summed E-state index contributed by atoms with van der Waals surface area (Å²) >= 11 is 12.1. The fourth-order valence-corrected chi connectivity index (χ4v) is 2.97. The first-order valence-corrected chi connectivity index (χ1v) is 7.55. The van der Waals surface area contributed by atoms with Gasteiger partial charge in [-0.1, -0.05) is 29.3 Å². The summed E-state index contributed by atoms with van der Waals surface area (Å²) in [6.45, 7) is 1.84. The van der Waals surface area contributed by atoms with E-state index in [2.05, 4.69) is 10.3 Å². The summed E-state index contributed by atoms with van der Waals surface area (Å²) in [6, 6.07) is 8.46. The lowest BCUT2D eigenvalue weighted by Crippen LogP contribution is -2.14. The van der Waals surface area contributed by atoms with E-state index in [-0.39, 0.29) is 5.56 Å². The number of nitrogens with zero attached hydrogens (tertiary/aromatic N) is 2. The molecule has 0 aliphatic rings. The highest BCUT2D eigenvalue weighted by Crippen LogP contribution is 2.28. The highest BCUT2D eigenvalue weighted by atomic mass is 35.5. The average Bonchev–Trinajstić information content (AvgIpc) is 2.83. The van der Waals surface area contributed by atoms with Crippen molar-refractivity contribution in [1.82, 2.24) is 9.38 Å². The molecule has 0 fully saturated rings. The zero-order valence-corrected chi connectivity index (χ0v) is 13.9. The van der Waals surface area contributed by atoms with Crippen LogP contribution in [0.4, 0.5) is 5.69 Å². The predicted octanol–water partition coefficient (Wildman–Crippen LogP) is 4.21. The van der Waals surface area contributed by atoms with E-state index < -0.39 is 5.91 Å². The molecular weight excluding hydrogens is 337 g/mol. The van der Waals surface area contributed by atoms with Gasteiger partial charge in [0.05, 0.1) is 28.4 Å². The van der Waals surface area contributed by atoms with Crippen molar-refractivity contribution < 1.29 is 9.53 Å². The second-order valence-corrected chi connectivity index (χ2v) is 5.69. The Morgan fingerprint density at radius 3 is 2.57 bits per heavy atom. The van der Waals surface area contributed by atoms with E-state index in [9.17, 15) is 4.79 Å². The molecule has 0 spiro atoms. The Morgan fingerprint density at radius 2 is 1.91 bits per heavy atom. The molecule has 0 saturated carbocycles. The minimum Gasteiger partial charge on any atom is -0.481 e. The number of carbonyl (C=O) groups is 1. The van der Waals surface area contributed by atoms with E-state index in [1.54, 1.807) is 41.8 Å². The molecule has 0 saturated heterocycles. The van der Waals surface area contributed by atoms with Crippen LogP contribution in [0, 0.1) is 6.92 Å². The molecule has 3 aromatic rings. The van der Waals surface area contributed by atoms with Crippen LogP contribution in [0.1, 0.15) is 16.1 Å². The Morgan fingerprint density at radius 1 is 1.22 bits per heavy atom. The van der Waals surface area contributed by atoms with Crippen molar-refractivity contribution in [2.24, 2.45) is 0 Å². The fourth-order valence-electron chi connectivity index (χ4n) is 2.40. The van der Waals surface area contributed by atoms with Crippen molar-refractivity contribution in [3.63, 3.8) is 0 Å². The van der Waals surface area contributed by atoms with E-state index in [1.165, 1.54) is 0 Å². The summed E-state index contributed by atoms with van der Waals surface area (Å²) < 4.78 is 7.09. The summed E-state index contributed by atoms with van der Waals surface area (Å²) in [6.07, 6.45) is 1.81. The number of nitrogens with one attached hydrogen (secondary N) is 1. The number of benzene rings is 1. The maximum atomic E-state index is 12.5. The second-order valence-electron chi connectivity index (χ2n) is 4.87. The maximum absolute atomic E-state index is 12.5. The Kier molecular flexibility index (Phi) is 4.15. The molecule has 23 heavy (non-hydrogen) atoms. The largest absolute Gasteiger partial charge is 0.481 e. The Balaban J connectivity index is 2.04. The SMILES string of the molecule is COc1c(C)nc2c(NC(=O)c3c(Cl)cccc3Cl)cccn12. The lowest BCUT2D eigenvalue weighted by molar-refractivity contribution is 0.102. The first-order valence-electron chi connectivity index (χ1n) is 6.80. The van der Waals surface area contributed by atoms with Crippen LogP contribution in [0.5, 0.6) is 5.88 Å². The average molecular weight is 350 g/mol. The number of hydrogen-bond acceptors (Lipinski definition) is 3. The molecule has 7 heteroatoms. The third-order valence-electron chi connectivity index (χ3n) is 3.40. The number of aryl methyl sites for hydroxylation is 1. The van der Waals surface area contributed by atoms with Crippen molar-refractivity contribution in [3.8, 4) is 5.88 Å². The molecule has 0 bridgehead atoms. The summed E-state index contributed by atoms with van der Waals surface area (Å²) in [7, 11) is 1.57. The number of aromatic nitrogens is 2. The Hall–Kier alpha value is -2.24. The van der Waals surface area contributed by atoms with Crippen molar-refractivity contribution >= 4 is 40.4 Å². The summed E-state index contributed by atoms with van der Waals surface area (Å²) in [5.41, 5.74) is 2.08. The third-order valence-corrected chi connectivity index (χ3v) is 4.03. The number of imidazole rings is 1. The van der Waals surface area contributed by atoms with Crippen molar-refractivity contribution in [2.45, 2.75) is 6.92 Å². The van der Waals surface area contributed by atoms with Gasteiger partial charge in [0.1, 0.15) is 5.69 Å². The molecule has 0 aliphatic carbocycles. The number of methoxy groups -OCH3 is 1. The quantitative estimate of drug-likeness (QED) is 0.770. The molecule has 2 aromatic heterocycles. The van der Waals surface area contributed by atoms with Gasteiger partial charge in [-0.25, -0.2) is 4.98 Å². The van der Waals surface area contributed by atoms with E-state index >= 15 is 0 Å². The summed E-state index contributed by atoms with van der Waals surface area (Å²) in [4.78, 5) is 16.9. The number of ether oxygens (including phenoxy) is 1. The normalized spacial score (nSPS) is 10.8. The fraction of sp³-hybridized carbons (Fsp3) is 0.125. The van der Waals surface area contributed by atoms with Gasteiger partial charge in [0, 0.05) is 6.20 Å². The topological polar surface area (TPSA) is 55.6 Å². The van der Waals surface area contributed by atoms with Gasteiger partial charge < -0.3 is 10.1 Å². The van der Waals surface area contributed by atoms with Crippen LogP contribution >= 0.6 is 23.2 Å². The second kappa shape index (κ2) is 6.10. The highest BCUT2D eigenvalue weighted by molar-refractivity contribution is 6.40. The first kappa shape index (κ1) is 15.6. The number of hydrogen-bond donors (Lipinski definition) is 1. The molecule has 3 rings (SSSR count). The van der Waals surface area contributed by atoms with Gasteiger partial charge in [-0.3, -0.25) is 9.20 Å². The van der Waals surface area contributed by atoms with Gasteiger partial charge in [0.2, 0.25) is 5.88 Å². The van der Waals surface area contributed by atoms with Gasteiger partial charge in [0.25, 0.3) is 5.91 Å². The number of amides is 1. The molecule has 1 aromatic carbocycles. The molecule has 1 amide bonds. The zero-order valence-electron chi connectivity index (χ0n) is 12.4. The minimum absolute atomic E-state index is 0.230. The minimum atomic E-state index is -0.395. The molecule has 118 valence electrons. The molecule has 2 heterocycles. The van der Waals surface area contributed by atoms with Crippen LogP contribution in [-0.4, -0.2) is 22.4 Å². The molecule has 0 atom stereocenters. The molecule has 5 nitrogen and oxygen atoms in total. The Labute approximate surface area is 142 Å². The van der Waals surface area contributed by atoms with E-state index in [1.807, 2.05) is 13.1 Å². The van der Waals surface area contributed by atoms with Crippen molar-refractivity contribution in [3.05, 3.63) is 57.8 Å². The van der Waals surface area contributed by atoms with E-state index in [4.69, 9.17) is 27.9 Å². The van der Waals surface area contributed by atoms with Gasteiger partial charge in [-0.15, -0.1) is 0 Å². The Bertz CT molecular complexity index is 885. The van der Waals surface area contributed by atoms with Gasteiger partial charge >= 0.3 is 0 Å².